The van der Waals surface area contributed by atoms with Crippen molar-refractivity contribution in [3.05, 3.63) is 0 Å². The molecule has 0 saturated heterocycles. The van der Waals surface area contributed by atoms with Crippen molar-refractivity contribution in [3.8, 4) is 0 Å². The minimum Gasteiger partial charge on any atom is -0.444 e. The Morgan fingerprint density at radius 1 is 1.40 bits per heavy atom. The smallest absolute Gasteiger partial charge is 0.408 e. The van der Waals surface area contributed by atoms with Crippen molar-refractivity contribution >= 4 is 28.9 Å². The van der Waals surface area contributed by atoms with Gasteiger partial charge >= 0.3 is 6.09 Å². The molecule has 0 rings (SSSR count). The number of amides is 2. The molecule has 0 aromatic rings. The van der Waals surface area contributed by atoms with Crippen LogP contribution in [-0.2, 0) is 9.53 Å². The standard InChI is InChI=1S/C12H23ClN4O3/c1-6-7(16-10(13)14)8(9(18)15-5)17-11(19)20-12(2,3)4/h7-8H,6H2,1-5H3,(H2,14,16)(H,15,18)(H,17,19)/t7-,8-/m0/s1. The average Bonchev–Trinajstić information content (AvgIpc) is 2.29. The van der Waals surface area contributed by atoms with Crippen molar-refractivity contribution in [2.24, 2.45) is 10.7 Å². The van der Waals surface area contributed by atoms with E-state index in [0.29, 0.717) is 6.42 Å². The zero-order valence-corrected chi connectivity index (χ0v) is 13.2. The van der Waals surface area contributed by atoms with E-state index < -0.39 is 29.7 Å². The number of hydrogen-bond donors (Lipinski definition) is 3. The Bertz CT molecular complexity index is 375. The Balaban J connectivity index is 5.02. The molecule has 8 heteroatoms. The highest BCUT2D eigenvalue weighted by molar-refractivity contribution is 6.64. The van der Waals surface area contributed by atoms with Crippen LogP contribution in [0.15, 0.2) is 4.99 Å². The van der Waals surface area contributed by atoms with Crippen LogP contribution in [0, 0.1) is 0 Å². The minimum absolute atomic E-state index is 0.170. The molecule has 0 aliphatic rings. The summed E-state index contributed by atoms with van der Waals surface area (Å²) in [6.45, 7) is 7.00. The molecule has 0 heterocycles. The number of carbonyl (C=O) groups is 2. The molecular formula is C12H23ClN4O3. The average molecular weight is 307 g/mol. The van der Waals surface area contributed by atoms with Crippen molar-refractivity contribution in [1.82, 2.24) is 10.6 Å². The van der Waals surface area contributed by atoms with Gasteiger partial charge in [-0.05, 0) is 38.8 Å². The fourth-order valence-electron chi connectivity index (χ4n) is 1.49. The van der Waals surface area contributed by atoms with E-state index in [1.54, 1.807) is 27.7 Å². The summed E-state index contributed by atoms with van der Waals surface area (Å²) in [5, 5.41) is 4.78. The maximum Gasteiger partial charge on any atom is 0.408 e. The first-order valence-electron chi connectivity index (χ1n) is 6.30. The summed E-state index contributed by atoms with van der Waals surface area (Å²) in [5.41, 5.74) is 4.66. The number of ether oxygens (including phenoxy) is 1. The molecule has 0 saturated carbocycles. The number of halogens is 1. The van der Waals surface area contributed by atoms with Gasteiger partial charge in [0.25, 0.3) is 0 Å². The Labute approximate surface area is 124 Å². The fourth-order valence-corrected chi connectivity index (χ4v) is 1.61. The Morgan fingerprint density at radius 3 is 2.30 bits per heavy atom. The summed E-state index contributed by atoms with van der Waals surface area (Å²) in [4.78, 5) is 27.6. The zero-order chi connectivity index (χ0) is 15.9. The molecule has 2 amide bonds. The molecule has 0 unspecified atom stereocenters. The number of carbonyl (C=O) groups excluding carboxylic acids is 2. The second-order valence-corrected chi connectivity index (χ2v) is 5.55. The van der Waals surface area contributed by atoms with Crippen LogP contribution in [0.25, 0.3) is 0 Å². The molecule has 0 bridgehead atoms. The molecule has 0 radical (unpaired) electrons. The normalized spacial score (nSPS) is 15.2. The van der Waals surface area contributed by atoms with E-state index in [2.05, 4.69) is 15.6 Å². The number of nitrogens with one attached hydrogen (secondary N) is 2. The molecule has 20 heavy (non-hydrogen) atoms. The van der Waals surface area contributed by atoms with Crippen LogP contribution >= 0.6 is 11.6 Å². The maximum absolute atomic E-state index is 11.9. The van der Waals surface area contributed by atoms with E-state index in [1.165, 1.54) is 7.05 Å². The Hall–Kier alpha value is -1.50. The van der Waals surface area contributed by atoms with Crippen molar-refractivity contribution in [1.29, 1.82) is 0 Å². The summed E-state index contributed by atoms with van der Waals surface area (Å²) in [7, 11) is 1.46. The largest absolute Gasteiger partial charge is 0.444 e. The SMILES string of the molecule is CC[C@H](N=C(N)Cl)[C@H](NC(=O)OC(C)(C)C)C(=O)NC. The van der Waals surface area contributed by atoms with Gasteiger partial charge in [0.2, 0.25) is 5.91 Å². The van der Waals surface area contributed by atoms with Crippen LogP contribution in [0.3, 0.4) is 0 Å². The number of alkyl carbamates (subject to hydrolysis) is 1. The molecule has 0 aliphatic carbocycles. The van der Waals surface area contributed by atoms with E-state index >= 15 is 0 Å². The van der Waals surface area contributed by atoms with Gasteiger partial charge in [0.15, 0.2) is 5.29 Å². The van der Waals surface area contributed by atoms with Gasteiger partial charge in [-0.25, -0.2) is 4.79 Å². The Morgan fingerprint density at radius 2 is 1.95 bits per heavy atom. The van der Waals surface area contributed by atoms with Crippen LogP contribution < -0.4 is 16.4 Å². The van der Waals surface area contributed by atoms with Gasteiger partial charge in [0, 0.05) is 7.05 Å². The van der Waals surface area contributed by atoms with E-state index in [1.807, 2.05) is 0 Å². The first-order chi connectivity index (χ1) is 9.10. The van der Waals surface area contributed by atoms with Crippen molar-refractivity contribution in [2.75, 3.05) is 7.05 Å². The summed E-state index contributed by atoms with van der Waals surface area (Å²) in [6.07, 6.45) is -0.228. The highest BCUT2D eigenvalue weighted by Gasteiger charge is 2.30. The number of hydrogen-bond acceptors (Lipinski definition) is 4. The lowest BCUT2D eigenvalue weighted by Gasteiger charge is -2.25. The van der Waals surface area contributed by atoms with Gasteiger partial charge in [-0.3, -0.25) is 9.79 Å². The van der Waals surface area contributed by atoms with Gasteiger partial charge in [-0.15, -0.1) is 0 Å². The van der Waals surface area contributed by atoms with Crippen LogP contribution in [-0.4, -0.2) is 42.0 Å². The second-order valence-electron chi connectivity index (χ2n) is 5.17. The summed E-state index contributed by atoms with van der Waals surface area (Å²) in [6, 6.07) is -1.47. The van der Waals surface area contributed by atoms with E-state index in [4.69, 9.17) is 22.1 Å². The molecule has 0 aromatic carbocycles. The molecule has 7 nitrogen and oxygen atoms in total. The predicted molar refractivity (Wildman–Crippen MR) is 78.8 cm³/mol. The van der Waals surface area contributed by atoms with E-state index in [9.17, 15) is 9.59 Å². The molecule has 116 valence electrons. The van der Waals surface area contributed by atoms with Gasteiger partial charge < -0.3 is 21.1 Å². The maximum atomic E-state index is 11.9. The van der Waals surface area contributed by atoms with Crippen molar-refractivity contribution in [3.63, 3.8) is 0 Å². The van der Waals surface area contributed by atoms with Crippen molar-refractivity contribution in [2.45, 2.75) is 51.8 Å². The monoisotopic (exact) mass is 306 g/mol. The number of likely N-dealkylation sites (N-methyl/N-ethyl adjacent to an activating group) is 1. The Kier molecular flexibility index (Phi) is 7.34. The lowest BCUT2D eigenvalue weighted by atomic mass is 10.1. The van der Waals surface area contributed by atoms with Crippen LogP contribution in [0.5, 0.6) is 0 Å². The van der Waals surface area contributed by atoms with Crippen LogP contribution in [0.4, 0.5) is 4.79 Å². The van der Waals surface area contributed by atoms with Crippen LogP contribution in [0.1, 0.15) is 34.1 Å². The van der Waals surface area contributed by atoms with E-state index in [0.717, 1.165) is 0 Å². The van der Waals surface area contributed by atoms with Gasteiger partial charge in [-0.1, -0.05) is 6.92 Å². The summed E-state index contributed by atoms with van der Waals surface area (Å²) in [5.74, 6) is -0.399. The fraction of sp³-hybridized carbons (Fsp3) is 0.750. The van der Waals surface area contributed by atoms with E-state index in [-0.39, 0.29) is 5.29 Å². The summed E-state index contributed by atoms with van der Waals surface area (Å²) < 4.78 is 5.12. The first kappa shape index (κ1) is 18.5. The molecular weight excluding hydrogens is 284 g/mol. The lowest BCUT2D eigenvalue weighted by molar-refractivity contribution is -0.123. The number of amidine groups is 1. The molecule has 4 N–H and O–H groups in total. The van der Waals surface area contributed by atoms with Crippen LogP contribution in [0.2, 0.25) is 0 Å². The summed E-state index contributed by atoms with van der Waals surface area (Å²) >= 11 is 5.54. The molecule has 0 fully saturated rings. The number of aliphatic imine (C=N–C) groups is 1. The topological polar surface area (TPSA) is 106 Å². The number of nitrogens with zero attached hydrogens (tertiary/aromatic N) is 1. The minimum atomic E-state index is -0.905. The third kappa shape index (κ3) is 7.18. The number of nitrogens with two attached hydrogens (primary N) is 1. The second kappa shape index (κ2) is 7.94. The lowest BCUT2D eigenvalue weighted by Crippen LogP contribution is -2.53. The van der Waals surface area contributed by atoms with Gasteiger partial charge in [0.1, 0.15) is 11.6 Å². The van der Waals surface area contributed by atoms with Crippen molar-refractivity contribution < 1.29 is 14.3 Å². The molecule has 0 aromatic heterocycles. The highest BCUT2D eigenvalue weighted by atomic mass is 35.5. The third-order valence-corrected chi connectivity index (χ3v) is 2.39. The zero-order valence-electron chi connectivity index (χ0n) is 12.5. The predicted octanol–water partition coefficient (Wildman–Crippen LogP) is 0.958. The highest BCUT2D eigenvalue weighted by Crippen LogP contribution is 2.10. The quantitative estimate of drug-likeness (QED) is 0.399. The molecule has 2 atom stereocenters. The third-order valence-electron chi connectivity index (χ3n) is 2.29. The number of rotatable bonds is 5. The molecule has 0 aliphatic heterocycles. The first-order valence-corrected chi connectivity index (χ1v) is 6.68. The van der Waals surface area contributed by atoms with Gasteiger partial charge in [-0.2, -0.15) is 0 Å². The van der Waals surface area contributed by atoms with Gasteiger partial charge in [0.05, 0.1) is 6.04 Å². The molecule has 0 spiro atoms.